The number of thioether (sulfide) groups is 1. The molecule has 1 aliphatic heterocycles. The summed E-state index contributed by atoms with van der Waals surface area (Å²) in [6.07, 6.45) is 1.56. The number of nitrogens with one attached hydrogen (secondary N) is 1. The molecule has 38 heavy (non-hydrogen) atoms. The lowest BCUT2D eigenvalue weighted by Crippen LogP contribution is -2.22. The fourth-order valence-electron chi connectivity index (χ4n) is 4.04. The molecule has 0 radical (unpaired) electrons. The molecule has 10 heteroatoms. The van der Waals surface area contributed by atoms with Gasteiger partial charge < -0.3 is 19.2 Å². The van der Waals surface area contributed by atoms with Crippen LogP contribution in [0, 0.1) is 5.82 Å². The van der Waals surface area contributed by atoms with E-state index in [2.05, 4.69) is 15.5 Å². The van der Waals surface area contributed by atoms with Crippen LogP contribution in [0.5, 0.6) is 11.5 Å². The van der Waals surface area contributed by atoms with Crippen LogP contribution in [0.1, 0.15) is 21.5 Å². The van der Waals surface area contributed by atoms with Crippen LogP contribution in [0.3, 0.4) is 0 Å². The summed E-state index contributed by atoms with van der Waals surface area (Å²) in [5.74, 6) is 2.49. The fraction of sp³-hybridized carbons (Fsp3) is 0.107. The molecule has 0 spiro atoms. The van der Waals surface area contributed by atoms with Crippen LogP contribution in [0.15, 0.2) is 94.7 Å². The van der Waals surface area contributed by atoms with Crippen molar-refractivity contribution in [2.75, 3.05) is 6.79 Å². The molecule has 0 saturated heterocycles. The molecule has 1 aliphatic rings. The molecule has 190 valence electrons. The van der Waals surface area contributed by atoms with Gasteiger partial charge in [-0.2, -0.15) is 0 Å². The van der Waals surface area contributed by atoms with Gasteiger partial charge >= 0.3 is 0 Å². The Morgan fingerprint density at radius 2 is 1.82 bits per heavy atom. The van der Waals surface area contributed by atoms with Crippen LogP contribution in [0.25, 0.3) is 17.3 Å². The first-order chi connectivity index (χ1) is 18.6. The highest BCUT2D eigenvalue weighted by molar-refractivity contribution is 7.98. The number of amides is 1. The van der Waals surface area contributed by atoms with E-state index in [1.165, 1.54) is 23.9 Å². The molecule has 8 nitrogen and oxygen atoms in total. The first-order valence-electron chi connectivity index (χ1n) is 11.8. The predicted molar refractivity (Wildman–Crippen MR) is 139 cm³/mol. The fourth-order valence-corrected chi connectivity index (χ4v) is 4.93. The van der Waals surface area contributed by atoms with Crippen molar-refractivity contribution in [3.8, 4) is 28.8 Å². The summed E-state index contributed by atoms with van der Waals surface area (Å²) in [6.45, 7) is 0.575. The molecule has 0 saturated carbocycles. The molecule has 5 aromatic rings. The molecule has 3 aromatic carbocycles. The zero-order valence-corrected chi connectivity index (χ0v) is 20.8. The van der Waals surface area contributed by atoms with Crippen molar-refractivity contribution in [1.29, 1.82) is 0 Å². The molecule has 0 unspecified atom stereocenters. The maximum absolute atomic E-state index is 13.6. The monoisotopic (exact) mass is 528 g/mol. The Morgan fingerprint density at radius 1 is 0.947 bits per heavy atom. The van der Waals surface area contributed by atoms with E-state index in [0.29, 0.717) is 51.8 Å². The molecule has 1 amide bonds. The van der Waals surface area contributed by atoms with Crippen LogP contribution >= 0.6 is 11.8 Å². The Kier molecular flexibility index (Phi) is 6.53. The number of rotatable bonds is 8. The molecule has 0 atom stereocenters. The number of fused-ring (bicyclic) bond motifs is 1. The van der Waals surface area contributed by atoms with E-state index in [9.17, 15) is 9.18 Å². The van der Waals surface area contributed by atoms with Crippen LogP contribution in [0.4, 0.5) is 4.39 Å². The second kappa shape index (κ2) is 10.4. The van der Waals surface area contributed by atoms with Crippen LogP contribution < -0.4 is 14.8 Å². The van der Waals surface area contributed by atoms with E-state index in [4.69, 9.17) is 13.9 Å². The first-order valence-corrected chi connectivity index (χ1v) is 12.8. The van der Waals surface area contributed by atoms with E-state index < -0.39 is 0 Å². The van der Waals surface area contributed by atoms with Gasteiger partial charge in [0.1, 0.15) is 5.82 Å². The highest BCUT2D eigenvalue weighted by atomic mass is 32.2. The smallest absolute Gasteiger partial charge is 0.251 e. The summed E-state index contributed by atoms with van der Waals surface area (Å²) in [5, 5.41) is 12.2. The molecule has 6 rings (SSSR count). The molecule has 0 fully saturated rings. The minimum Gasteiger partial charge on any atom is -0.461 e. The molecule has 0 aliphatic carbocycles. The number of ether oxygens (including phenoxy) is 2. The van der Waals surface area contributed by atoms with Gasteiger partial charge in [0.15, 0.2) is 22.4 Å². The number of hydrogen-bond donors (Lipinski definition) is 1. The van der Waals surface area contributed by atoms with Crippen LogP contribution in [-0.2, 0) is 12.3 Å². The largest absolute Gasteiger partial charge is 0.461 e. The van der Waals surface area contributed by atoms with Crippen molar-refractivity contribution in [1.82, 2.24) is 20.1 Å². The normalized spacial score (nSPS) is 12.0. The molecule has 3 heterocycles. The van der Waals surface area contributed by atoms with Crippen molar-refractivity contribution in [3.63, 3.8) is 0 Å². The minimum absolute atomic E-state index is 0.177. The zero-order valence-electron chi connectivity index (χ0n) is 20.0. The summed E-state index contributed by atoms with van der Waals surface area (Å²) in [4.78, 5) is 12.8. The third kappa shape index (κ3) is 4.98. The van der Waals surface area contributed by atoms with Gasteiger partial charge in [0.2, 0.25) is 12.6 Å². The lowest BCUT2D eigenvalue weighted by Gasteiger charge is -2.10. The van der Waals surface area contributed by atoms with Crippen molar-refractivity contribution >= 4 is 17.7 Å². The number of aromatic nitrogens is 3. The van der Waals surface area contributed by atoms with Gasteiger partial charge in [-0.25, -0.2) is 4.39 Å². The van der Waals surface area contributed by atoms with Gasteiger partial charge in [-0.15, -0.1) is 10.2 Å². The third-order valence-corrected chi connectivity index (χ3v) is 6.91. The van der Waals surface area contributed by atoms with Gasteiger partial charge in [-0.05, 0) is 71.8 Å². The van der Waals surface area contributed by atoms with Crippen molar-refractivity contribution in [2.45, 2.75) is 17.5 Å². The SMILES string of the molecule is O=C(NCc1ccc2c(c1)OCO2)c1cccc(CSc2nnc(-c3ccco3)n2-c2ccc(F)cc2)c1. The van der Waals surface area contributed by atoms with E-state index in [-0.39, 0.29) is 18.5 Å². The van der Waals surface area contributed by atoms with Gasteiger partial charge in [0.05, 0.1) is 12.0 Å². The molecule has 1 N–H and O–H groups in total. The number of furan rings is 1. The Labute approximate surface area is 221 Å². The zero-order chi connectivity index (χ0) is 25.9. The van der Waals surface area contributed by atoms with Crippen molar-refractivity contribution < 1.29 is 23.1 Å². The lowest BCUT2D eigenvalue weighted by atomic mass is 10.1. The average Bonchev–Trinajstić information content (AvgIpc) is 3.72. The number of halogens is 1. The Hall–Kier alpha value is -4.57. The number of carbonyl (C=O) groups excluding carboxylic acids is 1. The Bertz CT molecular complexity index is 1590. The van der Waals surface area contributed by atoms with Crippen molar-refractivity contribution in [2.24, 2.45) is 0 Å². The van der Waals surface area contributed by atoms with E-state index in [0.717, 1.165) is 11.1 Å². The topological polar surface area (TPSA) is 91.4 Å². The quantitative estimate of drug-likeness (QED) is 0.262. The standard InChI is InChI=1S/C28H21FN4O4S/c29-21-7-9-22(10-8-21)33-26(24-5-2-12-35-24)31-32-28(33)38-16-19-3-1-4-20(13-19)27(34)30-15-18-6-11-23-25(14-18)37-17-36-23/h1-14H,15-17H2,(H,30,34). The molecule has 2 aromatic heterocycles. The summed E-state index contributed by atoms with van der Waals surface area (Å²) in [5.41, 5.74) is 3.13. The van der Waals surface area contributed by atoms with Gasteiger partial charge in [0.25, 0.3) is 5.91 Å². The maximum Gasteiger partial charge on any atom is 0.251 e. The van der Waals surface area contributed by atoms with Gasteiger partial charge in [-0.3, -0.25) is 9.36 Å². The molecular formula is C28H21FN4O4S. The highest BCUT2D eigenvalue weighted by Gasteiger charge is 2.19. The van der Waals surface area contributed by atoms with Crippen LogP contribution in [0.2, 0.25) is 0 Å². The third-order valence-electron chi connectivity index (χ3n) is 5.91. The summed E-state index contributed by atoms with van der Waals surface area (Å²) < 4.78 is 31.7. The lowest BCUT2D eigenvalue weighted by molar-refractivity contribution is 0.0950. The number of nitrogens with zero attached hydrogens (tertiary/aromatic N) is 3. The summed E-state index contributed by atoms with van der Waals surface area (Å²) >= 11 is 1.46. The van der Waals surface area contributed by atoms with E-state index >= 15 is 0 Å². The number of hydrogen-bond acceptors (Lipinski definition) is 7. The maximum atomic E-state index is 13.6. The first kappa shape index (κ1) is 23.8. The van der Waals surface area contributed by atoms with Gasteiger partial charge in [-0.1, -0.05) is 30.0 Å². The number of carbonyl (C=O) groups is 1. The minimum atomic E-state index is -0.329. The molecule has 0 bridgehead atoms. The second-order valence-corrected chi connectivity index (χ2v) is 9.40. The number of benzene rings is 3. The summed E-state index contributed by atoms with van der Waals surface area (Å²) in [6, 6.07) is 22.7. The Morgan fingerprint density at radius 3 is 2.66 bits per heavy atom. The average molecular weight is 529 g/mol. The van der Waals surface area contributed by atoms with E-state index in [1.807, 2.05) is 41.0 Å². The molecular weight excluding hydrogens is 507 g/mol. The van der Waals surface area contributed by atoms with Gasteiger partial charge in [0, 0.05) is 17.9 Å². The Balaban J connectivity index is 1.16. The van der Waals surface area contributed by atoms with E-state index in [1.54, 1.807) is 36.6 Å². The van der Waals surface area contributed by atoms with Crippen LogP contribution in [-0.4, -0.2) is 27.5 Å². The predicted octanol–water partition coefficient (Wildman–Crippen LogP) is 5.62. The second-order valence-electron chi connectivity index (χ2n) is 8.45. The highest BCUT2D eigenvalue weighted by Crippen LogP contribution is 2.33. The summed E-state index contributed by atoms with van der Waals surface area (Å²) in [7, 11) is 0. The van der Waals surface area contributed by atoms with Crippen molar-refractivity contribution in [3.05, 3.63) is 108 Å².